The molecule has 1 aliphatic carbocycles. The highest BCUT2D eigenvalue weighted by molar-refractivity contribution is 9.10. The van der Waals surface area contributed by atoms with Crippen molar-refractivity contribution in [3.8, 4) is 0 Å². The van der Waals surface area contributed by atoms with Crippen LogP contribution in [-0.4, -0.2) is 23.0 Å². The van der Waals surface area contributed by atoms with E-state index in [1.807, 2.05) is 18.2 Å². The lowest BCUT2D eigenvalue weighted by atomic mass is 9.87. The van der Waals surface area contributed by atoms with Gasteiger partial charge in [0, 0.05) is 16.9 Å². The average molecular weight is 403 g/mol. The molecule has 1 heterocycles. The number of ether oxygens (including phenoxy) is 1. The number of hydrogen-bond acceptors (Lipinski definition) is 4. The van der Waals surface area contributed by atoms with Crippen LogP contribution < -0.4 is 5.32 Å². The van der Waals surface area contributed by atoms with Gasteiger partial charge in [0.25, 0.3) is 5.91 Å². The molecule has 0 spiro atoms. The zero-order chi connectivity index (χ0) is 17.8. The predicted molar refractivity (Wildman–Crippen MR) is 97.1 cm³/mol. The second-order valence-corrected chi connectivity index (χ2v) is 7.01. The lowest BCUT2D eigenvalue weighted by Crippen LogP contribution is -2.39. The van der Waals surface area contributed by atoms with Crippen molar-refractivity contribution in [2.75, 3.05) is 0 Å². The van der Waals surface area contributed by atoms with Gasteiger partial charge < -0.3 is 10.1 Å². The molecule has 0 aliphatic heterocycles. The van der Waals surface area contributed by atoms with Crippen LogP contribution in [0.25, 0.3) is 0 Å². The Balaban J connectivity index is 1.63. The van der Waals surface area contributed by atoms with E-state index in [0.717, 1.165) is 24.8 Å². The van der Waals surface area contributed by atoms with Crippen molar-refractivity contribution in [2.24, 2.45) is 0 Å². The van der Waals surface area contributed by atoms with E-state index < -0.39 is 12.1 Å². The summed E-state index contributed by atoms with van der Waals surface area (Å²) in [6, 6.07) is 9.70. The maximum absolute atomic E-state index is 12.4. The van der Waals surface area contributed by atoms with Gasteiger partial charge in [0.2, 0.25) is 0 Å². The molecule has 1 aliphatic rings. The first-order chi connectivity index (χ1) is 12.0. The Morgan fingerprint density at radius 3 is 2.92 bits per heavy atom. The monoisotopic (exact) mass is 402 g/mol. The van der Waals surface area contributed by atoms with Crippen LogP contribution in [0.15, 0.2) is 47.2 Å². The molecule has 6 heteroatoms. The van der Waals surface area contributed by atoms with Crippen LogP contribution in [0, 0.1) is 0 Å². The highest BCUT2D eigenvalue weighted by atomic mass is 79.9. The minimum Gasteiger partial charge on any atom is -0.449 e. The Bertz CT molecular complexity index is 794. The van der Waals surface area contributed by atoms with E-state index in [0.29, 0.717) is 10.0 Å². The van der Waals surface area contributed by atoms with Crippen LogP contribution in [0.1, 0.15) is 47.3 Å². The number of aromatic nitrogens is 1. The van der Waals surface area contributed by atoms with Crippen LogP contribution in [0.2, 0.25) is 0 Å². The lowest BCUT2D eigenvalue weighted by Gasteiger charge is -2.27. The SMILES string of the molecule is C[C@@H](OC(=O)c1cncc(Br)c1)C(=O)N[C@@H]1CCCc2ccccc21. The molecule has 0 fully saturated rings. The van der Waals surface area contributed by atoms with Crippen LogP contribution >= 0.6 is 15.9 Å². The fourth-order valence-corrected chi connectivity index (χ4v) is 3.36. The molecule has 0 bridgehead atoms. The number of nitrogens with one attached hydrogen (secondary N) is 1. The third-order valence-corrected chi connectivity index (χ3v) is 4.71. The average Bonchev–Trinajstić information content (AvgIpc) is 2.62. The summed E-state index contributed by atoms with van der Waals surface area (Å²) < 4.78 is 5.95. The summed E-state index contributed by atoms with van der Waals surface area (Å²) in [7, 11) is 0. The van der Waals surface area contributed by atoms with Crippen molar-refractivity contribution in [1.29, 1.82) is 0 Å². The third-order valence-electron chi connectivity index (χ3n) is 4.28. The first kappa shape index (κ1) is 17.6. The van der Waals surface area contributed by atoms with E-state index in [9.17, 15) is 9.59 Å². The minimum absolute atomic E-state index is 0.0360. The molecule has 1 aromatic carbocycles. The molecule has 0 radical (unpaired) electrons. The second-order valence-electron chi connectivity index (χ2n) is 6.09. The Morgan fingerprint density at radius 2 is 2.12 bits per heavy atom. The summed E-state index contributed by atoms with van der Waals surface area (Å²) in [6.45, 7) is 1.58. The van der Waals surface area contributed by atoms with Gasteiger partial charge >= 0.3 is 5.97 Å². The summed E-state index contributed by atoms with van der Waals surface area (Å²) in [6.07, 6.45) is 5.06. The van der Waals surface area contributed by atoms with Gasteiger partial charge in [0.15, 0.2) is 6.10 Å². The number of aryl methyl sites for hydroxylation is 1. The maximum Gasteiger partial charge on any atom is 0.340 e. The second kappa shape index (κ2) is 7.78. The summed E-state index contributed by atoms with van der Waals surface area (Å²) in [5.74, 6) is -0.862. The van der Waals surface area contributed by atoms with Crippen molar-refractivity contribution >= 4 is 27.8 Å². The molecule has 130 valence electrons. The van der Waals surface area contributed by atoms with Gasteiger partial charge in [0.05, 0.1) is 11.6 Å². The third kappa shape index (κ3) is 4.25. The van der Waals surface area contributed by atoms with Gasteiger partial charge in [0.1, 0.15) is 0 Å². The number of carbonyl (C=O) groups excluding carboxylic acids is 2. The van der Waals surface area contributed by atoms with Crippen molar-refractivity contribution in [1.82, 2.24) is 10.3 Å². The van der Waals surface area contributed by atoms with Crippen LogP contribution in [0.3, 0.4) is 0 Å². The number of carbonyl (C=O) groups is 2. The molecule has 0 unspecified atom stereocenters. The zero-order valence-corrected chi connectivity index (χ0v) is 15.5. The van der Waals surface area contributed by atoms with E-state index in [-0.39, 0.29) is 11.9 Å². The quantitative estimate of drug-likeness (QED) is 0.793. The van der Waals surface area contributed by atoms with Crippen molar-refractivity contribution in [2.45, 2.75) is 38.3 Å². The number of amides is 1. The molecule has 25 heavy (non-hydrogen) atoms. The Morgan fingerprint density at radius 1 is 1.32 bits per heavy atom. The highest BCUT2D eigenvalue weighted by Gasteiger charge is 2.25. The first-order valence-corrected chi connectivity index (χ1v) is 9.03. The number of halogens is 1. The number of fused-ring (bicyclic) bond motifs is 1. The number of rotatable bonds is 4. The van der Waals surface area contributed by atoms with Crippen molar-refractivity contribution < 1.29 is 14.3 Å². The molecular weight excluding hydrogens is 384 g/mol. The summed E-state index contributed by atoms with van der Waals surface area (Å²) in [5, 5.41) is 3.00. The van der Waals surface area contributed by atoms with Gasteiger partial charge in [-0.2, -0.15) is 0 Å². The molecule has 0 saturated carbocycles. The van der Waals surface area contributed by atoms with Gasteiger partial charge in [-0.05, 0) is 59.3 Å². The molecular formula is C19H19BrN2O3. The molecule has 1 aromatic heterocycles. The van der Waals surface area contributed by atoms with E-state index in [2.05, 4.69) is 32.3 Å². The van der Waals surface area contributed by atoms with Gasteiger partial charge in [-0.15, -0.1) is 0 Å². The molecule has 3 rings (SSSR count). The van der Waals surface area contributed by atoms with Crippen molar-refractivity contribution in [3.05, 3.63) is 63.9 Å². The zero-order valence-electron chi connectivity index (χ0n) is 13.9. The Hall–Kier alpha value is -2.21. The number of pyridine rings is 1. The van der Waals surface area contributed by atoms with Gasteiger partial charge in [-0.25, -0.2) is 4.79 Å². The van der Waals surface area contributed by atoms with Crippen LogP contribution in [0.4, 0.5) is 0 Å². The van der Waals surface area contributed by atoms with Gasteiger partial charge in [-0.3, -0.25) is 9.78 Å². The van der Waals surface area contributed by atoms with E-state index >= 15 is 0 Å². The molecule has 2 aromatic rings. The predicted octanol–water partition coefficient (Wildman–Crippen LogP) is 3.58. The highest BCUT2D eigenvalue weighted by Crippen LogP contribution is 2.29. The smallest absolute Gasteiger partial charge is 0.340 e. The molecule has 0 saturated heterocycles. The number of benzene rings is 1. The topological polar surface area (TPSA) is 68.3 Å². The number of hydrogen-bond donors (Lipinski definition) is 1. The van der Waals surface area contributed by atoms with Crippen LogP contribution in [0.5, 0.6) is 0 Å². The number of esters is 1. The van der Waals surface area contributed by atoms with E-state index in [1.54, 1.807) is 19.2 Å². The van der Waals surface area contributed by atoms with Crippen molar-refractivity contribution in [3.63, 3.8) is 0 Å². The Kier molecular flexibility index (Phi) is 5.48. The molecule has 2 atom stereocenters. The number of nitrogens with zero attached hydrogens (tertiary/aromatic N) is 1. The van der Waals surface area contributed by atoms with Crippen LogP contribution in [-0.2, 0) is 16.0 Å². The Labute approximate surface area is 154 Å². The fraction of sp³-hybridized carbons (Fsp3) is 0.316. The summed E-state index contributed by atoms with van der Waals surface area (Å²) in [4.78, 5) is 28.5. The molecule has 5 nitrogen and oxygen atoms in total. The van der Waals surface area contributed by atoms with E-state index in [1.165, 1.54) is 11.8 Å². The molecule has 1 amide bonds. The first-order valence-electron chi connectivity index (χ1n) is 8.24. The minimum atomic E-state index is -0.874. The maximum atomic E-state index is 12.4. The molecule has 1 N–H and O–H groups in total. The largest absolute Gasteiger partial charge is 0.449 e. The normalized spacial score (nSPS) is 17.3. The summed E-state index contributed by atoms with van der Waals surface area (Å²) >= 11 is 3.26. The standard InChI is InChI=1S/C19H19BrN2O3/c1-12(25-19(24)14-9-15(20)11-21-10-14)18(23)22-17-8-4-6-13-5-2-3-7-16(13)17/h2-3,5,7,9-12,17H,4,6,8H2,1H3,(H,22,23)/t12-,17-/m1/s1. The lowest BCUT2D eigenvalue weighted by molar-refractivity contribution is -0.130. The fourth-order valence-electron chi connectivity index (χ4n) is 3.00. The van der Waals surface area contributed by atoms with E-state index in [4.69, 9.17) is 4.74 Å². The van der Waals surface area contributed by atoms with Gasteiger partial charge in [-0.1, -0.05) is 24.3 Å². The summed E-state index contributed by atoms with van der Waals surface area (Å²) in [5.41, 5.74) is 2.72.